The van der Waals surface area contributed by atoms with Crippen LogP contribution in [0, 0.1) is 0 Å². The summed E-state index contributed by atoms with van der Waals surface area (Å²) in [7, 11) is 0. The Morgan fingerprint density at radius 1 is 1.05 bits per heavy atom. The molecule has 2 rings (SSSR count). The second-order valence-electron chi connectivity index (χ2n) is 4.72. The van der Waals surface area contributed by atoms with E-state index in [0.29, 0.717) is 30.8 Å². The number of hydrogen-bond acceptors (Lipinski definition) is 4. The lowest BCUT2D eigenvalue weighted by atomic mass is 10.3. The standard InChI is InChI=1S/C13H21N5O2/c1-4-7-8-18-10-9(16(5-2)12(14)15-10)11(19)17(6-3)13(18)20/h4-8H2,1-3H3,(H2,14,15). The summed E-state index contributed by atoms with van der Waals surface area (Å²) in [4.78, 5) is 29.0. The van der Waals surface area contributed by atoms with Crippen LogP contribution >= 0.6 is 0 Å². The molecule has 0 spiro atoms. The molecule has 2 aromatic rings. The van der Waals surface area contributed by atoms with E-state index in [-0.39, 0.29) is 17.2 Å². The van der Waals surface area contributed by atoms with Crippen molar-refractivity contribution in [3.63, 3.8) is 0 Å². The van der Waals surface area contributed by atoms with Gasteiger partial charge < -0.3 is 10.3 Å². The van der Waals surface area contributed by atoms with E-state index in [4.69, 9.17) is 5.73 Å². The molecule has 0 saturated heterocycles. The minimum absolute atomic E-state index is 0.276. The molecule has 0 unspecified atom stereocenters. The summed E-state index contributed by atoms with van der Waals surface area (Å²) in [6.45, 7) is 7.18. The van der Waals surface area contributed by atoms with Crippen LogP contribution in [0.2, 0.25) is 0 Å². The Balaban J connectivity index is 2.90. The van der Waals surface area contributed by atoms with Crippen molar-refractivity contribution in [1.82, 2.24) is 18.7 Å². The molecular weight excluding hydrogens is 258 g/mol. The monoisotopic (exact) mass is 279 g/mol. The number of fused-ring (bicyclic) bond motifs is 1. The van der Waals surface area contributed by atoms with Gasteiger partial charge in [0.05, 0.1) is 0 Å². The molecule has 7 heteroatoms. The van der Waals surface area contributed by atoms with Crippen molar-refractivity contribution in [2.75, 3.05) is 5.73 Å². The molecule has 2 heterocycles. The van der Waals surface area contributed by atoms with Crippen LogP contribution in [0.3, 0.4) is 0 Å². The lowest BCUT2D eigenvalue weighted by molar-refractivity contribution is 0.560. The number of nitrogens with two attached hydrogens (primary N) is 1. The molecule has 0 radical (unpaired) electrons. The summed E-state index contributed by atoms with van der Waals surface area (Å²) in [5, 5.41) is 0. The molecule has 0 atom stereocenters. The van der Waals surface area contributed by atoms with Crippen molar-refractivity contribution in [3.05, 3.63) is 20.8 Å². The molecule has 7 nitrogen and oxygen atoms in total. The number of nitrogen functional groups attached to an aromatic ring is 1. The van der Waals surface area contributed by atoms with Gasteiger partial charge in [-0.05, 0) is 20.3 Å². The first-order valence-corrected chi connectivity index (χ1v) is 7.06. The normalized spacial score (nSPS) is 11.3. The second-order valence-corrected chi connectivity index (χ2v) is 4.72. The zero-order valence-corrected chi connectivity index (χ0v) is 12.2. The maximum atomic E-state index is 12.4. The Labute approximate surface area is 116 Å². The number of hydrogen-bond donors (Lipinski definition) is 1. The topological polar surface area (TPSA) is 87.8 Å². The van der Waals surface area contributed by atoms with Crippen LogP contribution in [-0.2, 0) is 19.6 Å². The maximum absolute atomic E-state index is 12.4. The van der Waals surface area contributed by atoms with Gasteiger partial charge in [-0.15, -0.1) is 0 Å². The molecule has 20 heavy (non-hydrogen) atoms. The molecule has 0 aliphatic heterocycles. The van der Waals surface area contributed by atoms with Gasteiger partial charge in [0.15, 0.2) is 11.2 Å². The summed E-state index contributed by atoms with van der Waals surface area (Å²) in [5.41, 5.74) is 6.06. The van der Waals surface area contributed by atoms with Crippen molar-refractivity contribution in [2.45, 2.75) is 53.2 Å². The summed E-state index contributed by atoms with van der Waals surface area (Å²) >= 11 is 0. The number of anilines is 1. The summed E-state index contributed by atoms with van der Waals surface area (Å²) in [6, 6.07) is 0. The highest BCUT2D eigenvalue weighted by atomic mass is 16.2. The van der Waals surface area contributed by atoms with Crippen molar-refractivity contribution < 1.29 is 0 Å². The van der Waals surface area contributed by atoms with Crippen molar-refractivity contribution in [1.29, 1.82) is 0 Å². The largest absolute Gasteiger partial charge is 0.369 e. The molecule has 0 bridgehead atoms. The van der Waals surface area contributed by atoms with Crippen LogP contribution in [0.1, 0.15) is 33.6 Å². The predicted molar refractivity (Wildman–Crippen MR) is 78.9 cm³/mol. The van der Waals surface area contributed by atoms with Gasteiger partial charge in [-0.2, -0.15) is 4.98 Å². The van der Waals surface area contributed by atoms with Gasteiger partial charge in [-0.1, -0.05) is 13.3 Å². The van der Waals surface area contributed by atoms with Gasteiger partial charge in [0.1, 0.15) is 0 Å². The average Bonchev–Trinajstić information content (AvgIpc) is 2.76. The molecule has 0 fully saturated rings. The molecular formula is C13H21N5O2. The molecule has 0 aromatic carbocycles. The number of unbranched alkanes of at least 4 members (excludes halogenated alkanes) is 1. The first kappa shape index (κ1) is 14.4. The minimum Gasteiger partial charge on any atom is -0.369 e. The molecule has 2 aromatic heterocycles. The zero-order valence-electron chi connectivity index (χ0n) is 12.2. The summed E-state index contributed by atoms with van der Waals surface area (Å²) < 4.78 is 4.46. The van der Waals surface area contributed by atoms with Crippen molar-refractivity contribution in [3.8, 4) is 0 Å². The zero-order chi connectivity index (χ0) is 14.9. The van der Waals surface area contributed by atoms with E-state index in [1.807, 2.05) is 6.92 Å². The third kappa shape index (κ3) is 2.03. The maximum Gasteiger partial charge on any atom is 0.332 e. The van der Waals surface area contributed by atoms with E-state index in [1.54, 1.807) is 16.1 Å². The SMILES string of the molecule is CCCCn1c(=O)n(CC)c(=O)c2c1nc(N)n2CC. The van der Waals surface area contributed by atoms with Gasteiger partial charge in [-0.3, -0.25) is 13.9 Å². The highest BCUT2D eigenvalue weighted by molar-refractivity contribution is 5.73. The quantitative estimate of drug-likeness (QED) is 0.876. The fourth-order valence-corrected chi connectivity index (χ4v) is 2.42. The van der Waals surface area contributed by atoms with E-state index < -0.39 is 0 Å². The Bertz CT molecular complexity index is 738. The Kier molecular flexibility index (Phi) is 3.96. The number of aryl methyl sites for hydroxylation is 2. The highest BCUT2D eigenvalue weighted by Crippen LogP contribution is 2.13. The van der Waals surface area contributed by atoms with Crippen LogP contribution in [-0.4, -0.2) is 18.7 Å². The first-order chi connectivity index (χ1) is 9.56. The van der Waals surface area contributed by atoms with E-state index in [2.05, 4.69) is 11.9 Å². The van der Waals surface area contributed by atoms with Gasteiger partial charge >= 0.3 is 5.69 Å². The third-order valence-corrected chi connectivity index (χ3v) is 3.51. The van der Waals surface area contributed by atoms with Crippen LogP contribution in [0.5, 0.6) is 0 Å². The Morgan fingerprint density at radius 3 is 2.25 bits per heavy atom. The number of rotatable bonds is 5. The lowest BCUT2D eigenvalue weighted by Crippen LogP contribution is -2.40. The third-order valence-electron chi connectivity index (χ3n) is 3.51. The molecule has 2 N–H and O–H groups in total. The second kappa shape index (κ2) is 5.52. The fourth-order valence-electron chi connectivity index (χ4n) is 2.42. The highest BCUT2D eigenvalue weighted by Gasteiger charge is 2.18. The summed E-state index contributed by atoms with van der Waals surface area (Å²) in [6.07, 6.45) is 1.82. The van der Waals surface area contributed by atoms with E-state index in [9.17, 15) is 9.59 Å². The Morgan fingerprint density at radius 2 is 1.70 bits per heavy atom. The van der Waals surface area contributed by atoms with Gasteiger partial charge in [0.2, 0.25) is 5.95 Å². The van der Waals surface area contributed by atoms with E-state index >= 15 is 0 Å². The minimum atomic E-state index is -0.314. The number of imidazole rings is 1. The molecule has 110 valence electrons. The van der Waals surface area contributed by atoms with E-state index in [0.717, 1.165) is 12.8 Å². The number of nitrogens with zero attached hydrogens (tertiary/aromatic N) is 4. The van der Waals surface area contributed by atoms with Crippen LogP contribution < -0.4 is 17.0 Å². The molecule has 0 saturated carbocycles. The van der Waals surface area contributed by atoms with Gasteiger partial charge in [0.25, 0.3) is 5.56 Å². The summed E-state index contributed by atoms with van der Waals surface area (Å²) in [5.74, 6) is 0.276. The van der Waals surface area contributed by atoms with Crippen LogP contribution in [0.4, 0.5) is 5.95 Å². The van der Waals surface area contributed by atoms with Crippen LogP contribution in [0.25, 0.3) is 11.2 Å². The molecule has 0 aliphatic carbocycles. The van der Waals surface area contributed by atoms with Gasteiger partial charge in [-0.25, -0.2) is 4.79 Å². The Hall–Kier alpha value is -2.05. The fraction of sp³-hybridized carbons (Fsp3) is 0.615. The lowest BCUT2D eigenvalue weighted by Gasteiger charge is -2.10. The van der Waals surface area contributed by atoms with Crippen molar-refractivity contribution in [2.24, 2.45) is 0 Å². The van der Waals surface area contributed by atoms with E-state index in [1.165, 1.54) is 4.57 Å². The first-order valence-electron chi connectivity index (χ1n) is 7.06. The number of aromatic nitrogens is 4. The van der Waals surface area contributed by atoms with Crippen LogP contribution in [0.15, 0.2) is 9.59 Å². The smallest absolute Gasteiger partial charge is 0.332 e. The molecule has 0 aliphatic rings. The van der Waals surface area contributed by atoms with Crippen molar-refractivity contribution >= 4 is 17.1 Å². The predicted octanol–water partition coefficient (Wildman–Crippen LogP) is 0.782. The molecule has 0 amide bonds. The average molecular weight is 279 g/mol. The van der Waals surface area contributed by atoms with Gasteiger partial charge in [0, 0.05) is 19.6 Å².